The van der Waals surface area contributed by atoms with E-state index in [0.29, 0.717) is 57.2 Å². The molecular weight excluding hydrogens is 1140 g/mol. The summed E-state index contributed by atoms with van der Waals surface area (Å²) in [5.74, 6) is 6.63. The third-order valence-electron chi connectivity index (χ3n) is 27.6. The minimum atomic E-state index is -5.69. The molecule has 0 heterocycles. The fraction of sp³-hybridized carbons (Fsp3) is 0.846. The van der Waals surface area contributed by atoms with Crippen LogP contribution in [0.4, 0.5) is 13.2 Å². The van der Waals surface area contributed by atoms with Gasteiger partial charge in [0, 0.05) is 70.8 Å². The van der Waals surface area contributed by atoms with Crippen molar-refractivity contribution in [2.75, 3.05) is 0 Å². The standard InChI is InChI=1S/C32H49F3O3S.C32H51.CH4BO2.2Y/c1-9-31-17-12-21(20(2)3)26(31)22-10-11-24-28(6)15-14-25(38-39(36,37)32(33,34)35)27(4,5)23(28)13-16-30(24,8)29(22,7)18-19-31;1-10-32-18-14-23(21(2)3)27(32)24-11-12-26-29(7)16-13-22(4)28(5,6)25(29)15-17-31(26,9)30(24,8)19-20-32;1-2(3)4;;/h14,21-24,26H,2,9-13,15-19H2,1,3-8H3;13,23-27H,2,4,10-12,14-20H2,1,3,5-9H3;3-4H,1H2;;/q;2*-1;;/t21-,22?,23-,24+,26+,28-,29+,30+,31+;23-,24?,25-,26+,27+,29-,30+,31+,32+;;;/m00.../s1. The van der Waals surface area contributed by atoms with Crippen LogP contribution in [0.15, 0.2) is 47.8 Å². The number of hydrogen-bond donors (Lipinski definition) is 2. The SMILES string of the molecule is C=C(C)[C@@H]1CC[C@]2(CC)CC[C@]3(C)C(CC[C@@H]4[C@@]5(C)CC=C(OS(=O)(=O)C(F)(F)F)C(C)(C)[C@@H]5CC[C@]43C)[C@@H]12.C=C(C)[C@@H]1CC[C@]2(CC)CC[C@]3(C)C(CC[C@@H]4[C@@]5(C)CC=C([CH2-])C(C)(C)[C@@H]5CC[C@]43C)[C@@H]12.[CH2-]B(O)O.[Y].[Y]. The molecule has 77 heavy (non-hydrogen) atoms. The molecule has 0 bridgehead atoms. The van der Waals surface area contributed by atoms with Crippen molar-refractivity contribution in [2.24, 2.45) is 113 Å². The van der Waals surface area contributed by atoms with Gasteiger partial charge in [0.25, 0.3) is 7.12 Å². The summed E-state index contributed by atoms with van der Waals surface area (Å²) in [6.07, 6.45) is 29.6. The van der Waals surface area contributed by atoms with Crippen LogP contribution in [0.5, 0.6) is 0 Å². The van der Waals surface area contributed by atoms with E-state index in [2.05, 4.69) is 116 Å². The number of rotatable bonds is 6. The Kier molecular flexibility index (Phi) is 19.2. The fourth-order valence-corrected chi connectivity index (χ4v) is 23.9. The first-order valence-corrected chi connectivity index (χ1v) is 31.6. The normalized spacial score (nSPS) is 46.7. The van der Waals surface area contributed by atoms with Crippen LogP contribution in [0, 0.1) is 127 Å². The molecule has 0 amide bonds. The maximum absolute atomic E-state index is 13.2. The average Bonchev–Trinajstić information content (AvgIpc) is 3.90. The number of alkyl halides is 3. The zero-order valence-electron chi connectivity index (χ0n) is 50.8. The first kappa shape index (κ1) is 66.7. The molecular formula is C65H104BF3O5SY2-2. The van der Waals surface area contributed by atoms with Crippen molar-refractivity contribution in [3.05, 3.63) is 61.5 Å². The van der Waals surface area contributed by atoms with E-state index < -0.39 is 28.2 Å². The Bertz CT molecular complexity index is 2400. The molecule has 12 heteroatoms. The van der Waals surface area contributed by atoms with Crippen molar-refractivity contribution >= 4 is 17.2 Å². The molecule has 2 radical (unpaired) electrons. The summed E-state index contributed by atoms with van der Waals surface area (Å²) in [5.41, 5.74) is 0.925. The molecule has 432 valence electrons. The van der Waals surface area contributed by atoms with Crippen LogP contribution in [-0.4, -0.2) is 31.1 Å². The first-order chi connectivity index (χ1) is 34.4. The number of hydrogen-bond acceptors (Lipinski definition) is 5. The molecule has 18 atom stereocenters. The van der Waals surface area contributed by atoms with Gasteiger partial charge >= 0.3 is 15.6 Å². The molecule has 10 aliphatic rings. The zero-order valence-corrected chi connectivity index (χ0v) is 57.3. The Balaban J connectivity index is 0.000000231. The summed E-state index contributed by atoms with van der Waals surface area (Å²) in [4.78, 5) is 0. The van der Waals surface area contributed by atoms with Crippen molar-refractivity contribution in [3.63, 3.8) is 0 Å². The van der Waals surface area contributed by atoms with Crippen molar-refractivity contribution < 1.29 is 101 Å². The van der Waals surface area contributed by atoms with Gasteiger partial charge in [-0.2, -0.15) is 21.6 Å². The number of halogens is 3. The van der Waals surface area contributed by atoms with E-state index in [9.17, 15) is 21.6 Å². The van der Waals surface area contributed by atoms with Gasteiger partial charge in [-0.25, -0.2) is 18.6 Å². The Morgan fingerprint density at radius 1 is 0.610 bits per heavy atom. The van der Waals surface area contributed by atoms with Crippen molar-refractivity contribution in [2.45, 2.75) is 231 Å². The van der Waals surface area contributed by atoms with E-state index in [4.69, 9.17) is 14.2 Å². The largest absolute Gasteiger partial charge is 0.534 e. The molecule has 0 spiro atoms. The molecule has 2 unspecified atom stereocenters. The van der Waals surface area contributed by atoms with Crippen molar-refractivity contribution in [3.8, 4) is 0 Å². The molecule has 0 aromatic heterocycles. The zero-order chi connectivity index (χ0) is 55.9. The topological polar surface area (TPSA) is 83.8 Å². The molecule has 2 N–H and O–H groups in total. The van der Waals surface area contributed by atoms with Gasteiger partial charge < -0.3 is 21.1 Å². The first-order valence-electron chi connectivity index (χ1n) is 30.2. The predicted octanol–water partition coefficient (Wildman–Crippen LogP) is 17.7. The Morgan fingerprint density at radius 2 is 0.987 bits per heavy atom. The summed E-state index contributed by atoms with van der Waals surface area (Å²) >= 11 is 0. The Hall–Kier alpha value is 0.563. The summed E-state index contributed by atoms with van der Waals surface area (Å²) < 4.78 is 68.3. The molecule has 5 nitrogen and oxygen atoms in total. The van der Waals surface area contributed by atoms with Crippen LogP contribution >= 0.6 is 0 Å². The predicted molar refractivity (Wildman–Crippen MR) is 302 cm³/mol. The third kappa shape index (κ3) is 9.98. The Labute approximate surface area is 519 Å². The minimum Gasteiger partial charge on any atom is -0.452 e. The molecule has 10 aliphatic carbocycles. The van der Waals surface area contributed by atoms with Crippen LogP contribution < -0.4 is 0 Å². The van der Waals surface area contributed by atoms with Gasteiger partial charge in [0.2, 0.25) is 0 Å². The molecule has 8 saturated carbocycles. The van der Waals surface area contributed by atoms with E-state index in [0.717, 1.165) is 48.9 Å². The van der Waals surface area contributed by atoms with Gasteiger partial charge in [0.15, 0.2) is 0 Å². The van der Waals surface area contributed by atoms with E-state index in [1.54, 1.807) is 6.08 Å². The number of allylic oxidation sites excluding steroid dienone is 6. The van der Waals surface area contributed by atoms with Crippen molar-refractivity contribution in [1.82, 2.24) is 0 Å². The average molecular weight is 1240 g/mol. The van der Waals surface area contributed by atoms with E-state index in [1.165, 1.54) is 119 Å². The van der Waals surface area contributed by atoms with Gasteiger partial charge in [-0.1, -0.05) is 127 Å². The van der Waals surface area contributed by atoms with E-state index >= 15 is 0 Å². The van der Waals surface area contributed by atoms with E-state index in [-0.39, 0.29) is 98.8 Å². The fourth-order valence-electron chi connectivity index (χ4n) is 23.3. The maximum Gasteiger partial charge on any atom is 0.534 e. The van der Waals surface area contributed by atoms with Gasteiger partial charge in [-0.3, -0.25) is 0 Å². The van der Waals surface area contributed by atoms with Crippen LogP contribution in [-0.2, 0) is 79.7 Å². The summed E-state index contributed by atoms with van der Waals surface area (Å²) in [5, 5.41) is 15.0. The Morgan fingerprint density at radius 3 is 1.35 bits per heavy atom. The van der Waals surface area contributed by atoms with Gasteiger partial charge in [-0.15, -0.1) is 0 Å². The van der Waals surface area contributed by atoms with Crippen LogP contribution in [0.25, 0.3) is 0 Å². The quantitative estimate of drug-likeness (QED) is 0.0910. The summed E-state index contributed by atoms with van der Waals surface area (Å²) in [7, 11) is -7.11. The van der Waals surface area contributed by atoms with Crippen molar-refractivity contribution in [1.29, 1.82) is 0 Å². The molecule has 0 saturated heterocycles. The van der Waals surface area contributed by atoms with Crippen LogP contribution in [0.2, 0.25) is 0 Å². The molecule has 0 aromatic carbocycles. The summed E-state index contributed by atoms with van der Waals surface area (Å²) in [6, 6.07) is 0. The van der Waals surface area contributed by atoms with Crippen LogP contribution in [0.3, 0.4) is 0 Å². The second kappa shape index (κ2) is 22.1. The molecule has 0 aliphatic heterocycles. The molecule has 8 fully saturated rings. The summed E-state index contributed by atoms with van der Waals surface area (Å²) in [6.45, 7) is 50.2. The third-order valence-corrected chi connectivity index (χ3v) is 28.6. The second-order valence-corrected chi connectivity index (χ2v) is 32.0. The molecule has 10 rings (SSSR count). The van der Waals surface area contributed by atoms with E-state index in [1.807, 2.05) is 13.8 Å². The minimum absolute atomic E-state index is 0. The smallest absolute Gasteiger partial charge is 0.452 e. The monoisotopic (exact) mass is 1240 g/mol. The van der Waals surface area contributed by atoms with Gasteiger partial charge in [0.05, 0.1) is 0 Å². The second-order valence-electron chi connectivity index (χ2n) is 30.4. The van der Waals surface area contributed by atoms with Gasteiger partial charge in [-0.05, 0) is 237 Å². The molecule has 0 aromatic rings. The maximum atomic E-state index is 13.2. The van der Waals surface area contributed by atoms with Crippen LogP contribution in [0.1, 0.15) is 225 Å². The number of fused-ring (bicyclic) bond motifs is 14. The van der Waals surface area contributed by atoms with Gasteiger partial charge in [0.1, 0.15) is 5.76 Å².